The van der Waals surface area contributed by atoms with Crippen molar-refractivity contribution in [3.8, 4) is 0 Å². The fourth-order valence-electron chi connectivity index (χ4n) is 2.28. The molecule has 3 N–H and O–H groups in total. The van der Waals surface area contributed by atoms with Crippen LogP contribution >= 0.6 is 0 Å². The largest absolute Gasteiger partial charge is 0.398 e. The Bertz CT molecular complexity index is 831. The topological polar surface area (TPSA) is 68.0 Å². The summed E-state index contributed by atoms with van der Waals surface area (Å²) in [5, 5.41) is 4.28. The second-order valence-corrected chi connectivity index (χ2v) is 4.91. The summed E-state index contributed by atoms with van der Waals surface area (Å²) in [4.78, 5) is 16.5. The number of nitrogens with two attached hydrogens (primary N) is 1. The van der Waals surface area contributed by atoms with Gasteiger partial charge in [0.2, 0.25) is 0 Å². The molecule has 0 bridgehead atoms. The first-order valence-corrected chi connectivity index (χ1v) is 6.81. The van der Waals surface area contributed by atoms with Crippen molar-refractivity contribution in [1.82, 2.24) is 10.3 Å². The quantitative estimate of drug-likeness (QED) is 0.730. The van der Waals surface area contributed by atoms with Gasteiger partial charge in [-0.05, 0) is 29.8 Å². The average molecular weight is 295 g/mol. The maximum Gasteiger partial charge on any atom is 0.270 e. The lowest BCUT2D eigenvalue weighted by Crippen LogP contribution is -2.24. The van der Waals surface area contributed by atoms with E-state index >= 15 is 0 Å². The number of carbonyl (C=O) groups excluding carboxylic acids is 1. The van der Waals surface area contributed by atoms with Crippen LogP contribution in [0.4, 0.5) is 10.1 Å². The summed E-state index contributed by atoms with van der Waals surface area (Å²) < 4.78 is 12.9. The lowest BCUT2D eigenvalue weighted by Gasteiger charge is -2.08. The smallest absolute Gasteiger partial charge is 0.270 e. The van der Waals surface area contributed by atoms with Gasteiger partial charge in [0.15, 0.2) is 0 Å². The number of fused-ring (bicyclic) bond motifs is 1. The molecule has 1 aromatic heterocycles. The highest BCUT2D eigenvalue weighted by molar-refractivity contribution is 6.07. The van der Waals surface area contributed by atoms with Gasteiger partial charge in [-0.2, -0.15) is 0 Å². The van der Waals surface area contributed by atoms with Crippen LogP contribution in [0.25, 0.3) is 10.8 Å². The van der Waals surface area contributed by atoms with E-state index in [9.17, 15) is 9.18 Å². The highest BCUT2D eigenvalue weighted by Gasteiger charge is 2.12. The molecule has 5 heteroatoms. The van der Waals surface area contributed by atoms with E-state index in [-0.39, 0.29) is 11.7 Å². The van der Waals surface area contributed by atoms with Gasteiger partial charge < -0.3 is 11.1 Å². The summed E-state index contributed by atoms with van der Waals surface area (Å²) in [5.74, 6) is -0.596. The molecule has 2 aromatic carbocycles. The minimum absolute atomic E-state index is 0.291. The Morgan fingerprint density at radius 2 is 1.86 bits per heavy atom. The van der Waals surface area contributed by atoms with Crippen LogP contribution < -0.4 is 11.1 Å². The van der Waals surface area contributed by atoms with E-state index in [1.165, 1.54) is 12.1 Å². The molecule has 0 spiro atoms. The first-order valence-electron chi connectivity index (χ1n) is 6.81. The molecule has 0 saturated heterocycles. The lowest BCUT2D eigenvalue weighted by molar-refractivity contribution is 0.0948. The summed E-state index contributed by atoms with van der Waals surface area (Å²) in [5.41, 5.74) is 7.65. The van der Waals surface area contributed by atoms with E-state index in [0.717, 1.165) is 10.9 Å². The Kier molecular flexibility index (Phi) is 3.70. The average Bonchev–Trinajstić information content (AvgIpc) is 2.54. The Hall–Kier alpha value is -2.95. The number of nitrogens with one attached hydrogen (secondary N) is 1. The number of amides is 1. The molecule has 0 aliphatic carbocycles. The zero-order chi connectivity index (χ0) is 15.5. The van der Waals surface area contributed by atoms with Crippen molar-refractivity contribution >= 4 is 22.4 Å². The van der Waals surface area contributed by atoms with Crippen molar-refractivity contribution in [3.63, 3.8) is 0 Å². The second-order valence-electron chi connectivity index (χ2n) is 4.91. The molecule has 0 radical (unpaired) electrons. The van der Waals surface area contributed by atoms with Crippen molar-refractivity contribution in [2.75, 3.05) is 5.73 Å². The molecule has 1 heterocycles. The van der Waals surface area contributed by atoms with Crippen molar-refractivity contribution in [3.05, 3.63) is 71.8 Å². The molecule has 0 saturated carbocycles. The van der Waals surface area contributed by atoms with Crippen LogP contribution in [-0.2, 0) is 6.54 Å². The minimum atomic E-state index is -0.304. The summed E-state index contributed by atoms with van der Waals surface area (Å²) >= 11 is 0. The third-order valence-electron chi connectivity index (χ3n) is 3.42. The number of nitrogens with zero attached hydrogens (tertiary/aromatic N) is 1. The SMILES string of the molecule is Nc1cccc2c(C(=O)NCc3ccc(F)cc3)nccc12. The van der Waals surface area contributed by atoms with Gasteiger partial charge >= 0.3 is 0 Å². The Labute approximate surface area is 126 Å². The normalized spacial score (nSPS) is 10.6. The number of halogens is 1. The first-order chi connectivity index (χ1) is 10.6. The van der Waals surface area contributed by atoms with Gasteiger partial charge in [-0.25, -0.2) is 4.39 Å². The molecule has 0 atom stereocenters. The second kappa shape index (κ2) is 5.81. The van der Waals surface area contributed by atoms with Gasteiger partial charge in [-0.15, -0.1) is 0 Å². The summed E-state index contributed by atoms with van der Waals surface area (Å²) in [6.45, 7) is 0.305. The molecule has 0 aliphatic rings. The van der Waals surface area contributed by atoms with Gasteiger partial charge in [0.05, 0.1) is 0 Å². The molecular formula is C17H14FN3O. The molecule has 3 rings (SSSR count). The van der Waals surface area contributed by atoms with Crippen LogP contribution in [0, 0.1) is 5.82 Å². The predicted octanol–water partition coefficient (Wildman–Crippen LogP) is 2.89. The third-order valence-corrected chi connectivity index (χ3v) is 3.42. The number of aromatic nitrogens is 1. The zero-order valence-electron chi connectivity index (χ0n) is 11.7. The minimum Gasteiger partial charge on any atom is -0.398 e. The van der Waals surface area contributed by atoms with Crippen molar-refractivity contribution in [1.29, 1.82) is 0 Å². The third kappa shape index (κ3) is 2.74. The number of pyridine rings is 1. The molecular weight excluding hydrogens is 281 g/mol. The monoisotopic (exact) mass is 295 g/mol. The van der Waals surface area contributed by atoms with Crippen LogP contribution in [0.3, 0.4) is 0 Å². The van der Waals surface area contributed by atoms with Gasteiger partial charge in [0, 0.05) is 29.2 Å². The fourth-order valence-corrected chi connectivity index (χ4v) is 2.28. The van der Waals surface area contributed by atoms with E-state index in [4.69, 9.17) is 5.73 Å². The van der Waals surface area contributed by atoms with Crippen LogP contribution in [0.2, 0.25) is 0 Å². The summed E-state index contributed by atoms with van der Waals surface area (Å²) in [6.07, 6.45) is 1.56. The van der Waals surface area contributed by atoms with Crippen LogP contribution in [0.5, 0.6) is 0 Å². The van der Waals surface area contributed by atoms with Crippen LogP contribution in [0.1, 0.15) is 16.1 Å². The summed E-state index contributed by atoms with van der Waals surface area (Å²) in [7, 11) is 0. The molecule has 1 amide bonds. The number of rotatable bonds is 3. The van der Waals surface area contributed by atoms with Crippen molar-refractivity contribution < 1.29 is 9.18 Å². The Morgan fingerprint density at radius 3 is 2.64 bits per heavy atom. The van der Waals surface area contributed by atoms with Crippen LogP contribution in [0.15, 0.2) is 54.7 Å². The molecule has 0 unspecified atom stereocenters. The lowest BCUT2D eigenvalue weighted by atomic mass is 10.1. The molecule has 0 fully saturated rings. The van der Waals surface area contributed by atoms with Gasteiger partial charge in [0.1, 0.15) is 11.5 Å². The standard InChI is InChI=1S/C17H14FN3O/c18-12-6-4-11(5-7-12)10-21-17(22)16-14-2-1-3-15(19)13(14)8-9-20-16/h1-9H,10,19H2,(H,21,22). The van der Waals surface area contributed by atoms with E-state index < -0.39 is 0 Å². The van der Waals surface area contributed by atoms with Crippen molar-refractivity contribution in [2.24, 2.45) is 0 Å². The maximum absolute atomic E-state index is 12.9. The number of nitrogen functional groups attached to an aromatic ring is 1. The fraction of sp³-hybridized carbons (Fsp3) is 0.0588. The molecule has 3 aromatic rings. The molecule has 22 heavy (non-hydrogen) atoms. The zero-order valence-corrected chi connectivity index (χ0v) is 11.7. The van der Waals surface area contributed by atoms with Crippen LogP contribution in [-0.4, -0.2) is 10.9 Å². The Balaban J connectivity index is 1.83. The summed E-state index contributed by atoms with van der Waals surface area (Å²) in [6, 6.07) is 13.1. The molecule has 4 nitrogen and oxygen atoms in total. The molecule has 110 valence electrons. The van der Waals surface area contributed by atoms with Gasteiger partial charge in [0.25, 0.3) is 5.91 Å². The highest BCUT2D eigenvalue weighted by Crippen LogP contribution is 2.22. The van der Waals surface area contributed by atoms with E-state index in [1.807, 2.05) is 6.07 Å². The maximum atomic E-state index is 12.9. The van der Waals surface area contributed by atoms with E-state index in [2.05, 4.69) is 10.3 Å². The van der Waals surface area contributed by atoms with Gasteiger partial charge in [-0.3, -0.25) is 9.78 Å². The Morgan fingerprint density at radius 1 is 1.09 bits per heavy atom. The predicted molar refractivity (Wildman–Crippen MR) is 83.7 cm³/mol. The number of benzene rings is 2. The van der Waals surface area contributed by atoms with Gasteiger partial charge in [-0.1, -0.05) is 24.3 Å². The van der Waals surface area contributed by atoms with E-state index in [0.29, 0.717) is 23.3 Å². The number of anilines is 1. The molecule has 0 aliphatic heterocycles. The first kappa shape index (κ1) is 14.0. The van der Waals surface area contributed by atoms with Crippen molar-refractivity contribution in [2.45, 2.75) is 6.54 Å². The number of carbonyl (C=O) groups is 1. The highest BCUT2D eigenvalue weighted by atomic mass is 19.1. The van der Waals surface area contributed by atoms with E-state index in [1.54, 1.807) is 36.5 Å². The number of hydrogen-bond acceptors (Lipinski definition) is 3. The number of hydrogen-bond donors (Lipinski definition) is 2.